The quantitative estimate of drug-likeness (QED) is 0.681. The number of aryl methyl sites for hydroxylation is 2. The molecule has 0 saturated carbocycles. The molecule has 1 atom stereocenters. The highest BCUT2D eigenvalue weighted by atomic mass is 16.2. The zero-order chi connectivity index (χ0) is 19.1. The second kappa shape index (κ2) is 6.98. The molecule has 1 aliphatic heterocycles. The van der Waals surface area contributed by atoms with Gasteiger partial charge in [-0.05, 0) is 36.5 Å². The highest BCUT2D eigenvalue weighted by Crippen LogP contribution is 2.25. The van der Waals surface area contributed by atoms with Crippen LogP contribution in [0.2, 0.25) is 0 Å². The lowest BCUT2D eigenvalue weighted by Gasteiger charge is -2.41. The Morgan fingerprint density at radius 2 is 1.89 bits per heavy atom. The molecular weight excluding hydrogens is 352 g/mol. The lowest BCUT2D eigenvalue weighted by molar-refractivity contribution is 0.0553. The van der Waals surface area contributed by atoms with Crippen molar-refractivity contribution in [3.8, 4) is 0 Å². The number of amides is 1. The number of carbonyl (C=O) groups is 1. The summed E-state index contributed by atoms with van der Waals surface area (Å²) in [4.78, 5) is 21.8. The van der Waals surface area contributed by atoms with Gasteiger partial charge in [-0.2, -0.15) is 0 Å². The Balaban J connectivity index is 1.23. The maximum atomic E-state index is 12.9. The summed E-state index contributed by atoms with van der Waals surface area (Å²) < 4.78 is 1.62. The van der Waals surface area contributed by atoms with Crippen molar-refractivity contribution in [1.82, 2.24) is 29.8 Å². The number of rotatable bonds is 2. The Hall–Kier alpha value is -2.80. The third-order valence-electron chi connectivity index (χ3n) is 6.13. The van der Waals surface area contributed by atoms with Gasteiger partial charge in [-0.3, -0.25) is 9.69 Å². The molecule has 7 nitrogen and oxygen atoms in total. The Morgan fingerprint density at radius 1 is 1.11 bits per heavy atom. The van der Waals surface area contributed by atoms with Gasteiger partial charge in [0.15, 0.2) is 5.65 Å². The van der Waals surface area contributed by atoms with Gasteiger partial charge in [0.1, 0.15) is 5.52 Å². The first-order valence-corrected chi connectivity index (χ1v) is 9.94. The maximum absolute atomic E-state index is 12.9. The monoisotopic (exact) mass is 376 g/mol. The second-order valence-corrected chi connectivity index (χ2v) is 7.77. The summed E-state index contributed by atoms with van der Waals surface area (Å²) in [6, 6.07) is 11.2. The van der Waals surface area contributed by atoms with Crippen LogP contribution < -0.4 is 0 Å². The van der Waals surface area contributed by atoms with Crippen LogP contribution in [0.1, 0.15) is 27.9 Å². The number of nitrogens with zero attached hydrogens (tertiary/aromatic N) is 6. The highest BCUT2D eigenvalue weighted by molar-refractivity contribution is 5.96. The Bertz CT molecular complexity index is 1020. The fourth-order valence-electron chi connectivity index (χ4n) is 4.51. The first-order chi connectivity index (χ1) is 13.7. The summed E-state index contributed by atoms with van der Waals surface area (Å²) in [5.41, 5.74) is 4.93. The molecule has 0 spiro atoms. The van der Waals surface area contributed by atoms with E-state index in [0.29, 0.717) is 22.8 Å². The number of benzene rings is 1. The predicted octanol–water partition coefficient (Wildman–Crippen LogP) is 1.68. The van der Waals surface area contributed by atoms with Gasteiger partial charge in [-0.15, -0.1) is 5.10 Å². The van der Waals surface area contributed by atoms with E-state index in [0.717, 1.165) is 39.0 Å². The van der Waals surface area contributed by atoms with Gasteiger partial charge in [0.2, 0.25) is 0 Å². The molecule has 3 heterocycles. The number of piperazine rings is 1. The molecule has 0 radical (unpaired) electrons. The van der Waals surface area contributed by atoms with Crippen molar-refractivity contribution in [3.05, 3.63) is 53.2 Å². The van der Waals surface area contributed by atoms with Crippen LogP contribution in [0.3, 0.4) is 0 Å². The molecule has 3 aromatic rings. The van der Waals surface area contributed by atoms with Gasteiger partial charge in [0.05, 0.1) is 5.56 Å². The zero-order valence-electron chi connectivity index (χ0n) is 16.1. The fraction of sp³-hybridized carbons (Fsp3) is 0.429. The lowest BCUT2D eigenvalue weighted by Crippen LogP contribution is -2.53. The second-order valence-electron chi connectivity index (χ2n) is 7.77. The van der Waals surface area contributed by atoms with Crippen molar-refractivity contribution in [1.29, 1.82) is 0 Å². The highest BCUT2D eigenvalue weighted by Gasteiger charge is 2.29. The molecule has 1 unspecified atom stereocenters. The summed E-state index contributed by atoms with van der Waals surface area (Å²) in [6.07, 6.45) is 5.12. The summed E-state index contributed by atoms with van der Waals surface area (Å²) in [7, 11) is 1.80. The number of hydrogen-bond donors (Lipinski definition) is 0. The third-order valence-corrected chi connectivity index (χ3v) is 6.13. The van der Waals surface area contributed by atoms with E-state index in [4.69, 9.17) is 0 Å². The van der Waals surface area contributed by atoms with E-state index in [2.05, 4.69) is 44.5 Å². The minimum Gasteiger partial charge on any atom is -0.336 e. The number of aromatic nitrogens is 4. The molecule has 144 valence electrons. The van der Waals surface area contributed by atoms with Gasteiger partial charge in [0.25, 0.3) is 5.91 Å². The van der Waals surface area contributed by atoms with E-state index in [1.54, 1.807) is 24.0 Å². The number of pyridine rings is 1. The molecule has 2 aliphatic rings. The lowest BCUT2D eigenvalue weighted by atomic mass is 9.87. The Labute approximate surface area is 164 Å². The molecule has 5 rings (SSSR count). The summed E-state index contributed by atoms with van der Waals surface area (Å²) in [6.45, 7) is 3.38. The molecule has 1 aromatic carbocycles. The van der Waals surface area contributed by atoms with Crippen LogP contribution >= 0.6 is 0 Å². The number of hydrogen-bond acceptors (Lipinski definition) is 5. The molecule has 0 bridgehead atoms. The van der Waals surface area contributed by atoms with Crippen LogP contribution in [0.4, 0.5) is 0 Å². The van der Waals surface area contributed by atoms with Crippen LogP contribution in [0.5, 0.6) is 0 Å². The Kier molecular flexibility index (Phi) is 4.31. The minimum absolute atomic E-state index is 0.0358. The van der Waals surface area contributed by atoms with Crippen LogP contribution in [0.25, 0.3) is 11.2 Å². The molecule has 0 N–H and O–H groups in total. The first-order valence-electron chi connectivity index (χ1n) is 9.94. The molecule has 1 saturated heterocycles. The van der Waals surface area contributed by atoms with Crippen molar-refractivity contribution in [2.24, 2.45) is 7.05 Å². The fourth-order valence-corrected chi connectivity index (χ4v) is 4.51. The van der Waals surface area contributed by atoms with Gasteiger partial charge < -0.3 is 4.90 Å². The predicted molar refractivity (Wildman–Crippen MR) is 106 cm³/mol. The SMILES string of the molecule is Cn1nnc2cc(C(=O)N3CCN(C4CCc5ccccc5C4)CC3)cnc21. The van der Waals surface area contributed by atoms with E-state index in [9.17, 15) is 4.79 Å². The first kappa shape index (κ1) is 17.3. The Morgan fingerprint density at radius 3 is 2.71 bits per heavy atom. The summed E-state index contributed by atoms with van der Waals surface area (Å²) in [5, 5.41) is 8.03. The van der Waals surface area contributed by atoms with Crippen LogP contribution in [0, 0.1) is 0 Å². The van der Waals surface area contributed by atoms with E-state index in [1.807, 2.05) is 4.90 Å². The molecule has 7 heteroatoms. The molecule has 1 amide bonds. The van der Waals surface area contributed by atoms with E-state index in [1.165, 1.54) is 17.5 Å². The third kappa shape index (κ3) is 3.05. The van der Waals surface area contributed by atoms with Crippen molar-refractivity contribution < 1.29 is 4.79 Å². The minimum atomic E-state index is 0.0358. The van der Waals surface area contributed by atoms with Crippen molar-refractivity contribution in [2.45, 2.75) is 25.3 Å². The topological polar surface area (TPSA) is 67.2 Å². The van der Waals surface area contributed by atoms with Crippen LogP contribution in [0.15, 0.2) is 36.5 Å². The maximum Gasteiger partial charge on any atom is 0.255 e. The van der Waals surface area contributed by atoms with Gasteiger partial charge in [-0.25, -0.2) is 9.67 Å². The van der Waals surface area contributed by atoms with E-state index < -0.39 is 0 Å². The van der Waals surface area contributed by atoms with E-state index >= 15 is 0 Å². The smallest absolute Gasteiger partial charge is 0.255 e. The summed E-state index contributed by atoms with van der Waals surface area (Å²) >= 11 is 0. The molecule has 1 aliphatic carbocycles. The van der Waals surface area contributed by atoms with Crippen molar-refractivity contribution in [2.75, 3.05) is 26.2 Å². The van der Waals surface area contributed by atoms with Gasteiger partial charge in [-0.1, -0.05) is 29.5 Å². The molecule has 28 heavy (non-hydrogen) atoms. The van der Waals surface area contributed by atoms with Crippen LogP contribution in [-0.4, -0.2) is 67.9 Å². The summed E-state index contributed by atoms with van der Waals surface area (Å²) in [5.74, 6) is 0.0358. The van der Waals surface area contributed by atoms with Gasteiger partial charge in [0, 0.05) is 45.5 Å². The van der Waals surface area contributed by atoms with E-state index in [-0.39, 0.29) is 5.91 Å². The largest absolute Gasteiger partial charge is 0.336 e. The van der Waals surface area contributed by atoms with Gasteiger partial charge >= 0.3 is 0 Å². The number of fused-ring (bicyclic) bond motifs is 2. The standard InChI is InChI=1S/C21H24N6O/c1-25-20-19(23-24-25)13-17(14-22-20)21(28)27-10-8-26(9-11-27)18-7-6-15-4-2-3-5-16(15)12-18/h2-5,13-14,18H,6-12H2,1H3. The molecule has 1 fully saturated rings. The average molecular weight is 376 g/mol. The van der Waals surface area contributed by atoms with Crippen molar-refractivity contribution in [3.63, 3.8) is 0 Å². The average Bonchev–Trinajstić information content (AvgIpc) is 3.13. The normalized spacial score (nSPS) is 20.3. The van der Waals surface area contributed by atoms with Crippen molar-refractivity contribution >= 4 is 17.1 Å². The molecule has 2 aromatic heterocycles. The number of carbonyl (C=O) groups excluding carboxylic acids is 1. The zero-order valence-corrected chi connectivity index (χ0v) is 16.1. The molecular formula is C21H24N6O. The van der Waals surface area contributed by atoms with Crippen LogP contribution in [-0.2, 0) is 19.9 Å².